The Balaban J connectivity index is 1.99. The molecular formula is C19H29N3O5S. The Kier molecular flexibility index (Phi) is 7.56. The maximum Gasteiger partial charge on any atom is 0.413 e. The van der Waals surface area contributed by atoms with E-state index in [1.54, 1.807) is 19.1 Å². The highest BCUT2D eigenvalue weighted by molar-refractivity contribution is 7.89. The normalized spacial score (nSPS) is 18.3. The third kappa shape index (κ3) is 5.09. The number of hydrogen-bond donors (Lipinski definition) is 1. The van der Waals surface area contributed by atoms with E-state index in [1.807, 2.05) is 17.0 Å². The largest absolute Gasteiger partial charge is 0.453 e. The van der Waals surface area contributed by atoms with Crippen molar-refractivity contribution in [3.63, 3.8) is 0 Å². The molecule has 1 aromatic carbocycles. The predicted octanol–water partition coefficient (Wildman–Crippen LogP) is 1.78. The minimum atomic E-state index is -3.57. The third-order valence-electron chi connectivity index (χ3n) is 5.31. The fraction of sp³-hybridized carbons (Fsp3) is 0.579. The van der Waals surface area contributed by atoms with Crippen LogP contribution < -0.4 is 5.32 Å². The fourth-order valence-corrected chi connectivity index (χ4v) is 4.53. The smallest absolute Gasteiger partial charge is 0.413 e. The van der Waals surface area contributed by atoms with Gasteiger partial charge in [0.1, 0.15) is 0 Å². The van der Waals surface area contributed by atoms with E-state index in [0.717, 1.165) is 12.0 Å². The zero-order valence-electron chi connectivity index (χ0n) is 16.8. The number of nitrogens with zero attached hydrogens (tertiary/aromatic N) is 2. The number of piperazine rings is 1. The van der Waals surface area contributed by atoms with Crippen LogP contribution in [0.5, 0.6) is 0 Å². The molecule has 8 nitrogen and oxygen atoms in total. The molecule has 2 amide bonds. The van der Waals surface area contributed by atoms with Gasteiger partial charge >= 0.3 is 6.09 Å². The minimum Gasteiger partial charge on any atom is -0.453 e. The van der Waals surface area contributed by atoms with Crippen molar-refractivity contribution in [2.45, 2.75) is 44.0 Å². The Hall–Kier alpha value is -1.97. The number of carbonyl (C=O) groups is 2. The Morgan fingerprint density at radius 3 is 2.18 bits per heavy atom. The lowest BCUT2D eigenvalue weighted by molar-refractivity contribution is -0.125. The van der Waals surface area contributed by atoms with Gasteiger partial charge in [0.05, 0.1) is 18.0 Å². The van der Waals surface area contributed by atoms with Crippen LogP contribution in [0.3, 0.4) is 0 Å². The van der Waals surface area contributed by atoms with Crippen LogP contribution in [-0.4, -0.2) is 69.0 Å². The summed E-state index contributed by atoms with van der Waals surface area (Å²) in [6.45, 7) is 7.26. The summed E-state index contributed by atoms with van der Waals surface area (Å²) < 4.78 is 31.7. The molecule has 1 aromatic rings. The molecule has 1 N–H and O–H groups in total. The van der Waals surface area contributed by atoms with Crippen molar-refractivity contribution in [3.05, 3.63) is 29.8 Å². The number of carbonyl (C=O) groups excluding carboxylic acids is 2. The summed E-state index contributed by atoms with van der Waals surface area (Å²) in [5.41, 5.74) is 1.12. The van der Waals surface area contributed by atoms with Crippen LogP contribution in [0.15, 0.2) is 29.2 Å². The lowest BCUT2D eigenvalue weighted by Gasteiger charge is -2.36. The number of benzene rings is 1. The number of ether oxygens (including phenoxy) is 1. The predicted molar refractivity (Wildman–Crippen MR) is 105 cm³/mol. The van der Waals surface area contributed by atoms with E-state index in [0.29, 0.717) is 19.0 Å². The molecule has 0 bridgehead atoms. The fourth-order valence-electron chi connectivity index (χ4n) is 3.11. The Labute approximate surface area is 166 Å². The van der Waals surface area contributed by atoms with Gasteiger partial charge in [0.25, 0.3) is 0 Å². The van der Waals surface area contributed by atoms with Crippen LogP contribution in [0.4, 0.5) is 4.79 Å². The molecule has 156 valence electrons. The molecule has 0 aliphatic carbocycles. The van der Waals surface area contributed by atoms with Gasteiger partial charge in [-0.1, -0.05) is 26.0 Å². The van der Waals surface area contributed by atoms with Crippen LogP contribution in [0.2, 0.25) is 0 Å². The van der Waals surface area contributed by atoms with Gasteiger partial charge in [-0.25, -0.2) is 13.2 Å². The summed E-state index contributed by atoms with van der Waals surface area (Å²) in [6, 6.07) is 6.51. The molecule has 0 aromatic heterocycles. The molecule has 1 fully saturated rings. The van der Waals surface area contributed by atoms with Crippen molar-refractivity contribution >= 4 is 22.0 Å². The van der Waals surface area contributed by atoms with Gasteiger partial charge in [0.2, 0.25) is 15.9 Å². The Bertz CT molecular complexity index is 786. The Morgan fingerprint density at radius 1 is 1.11 bits per heavy atom. The van der Waals surface area contributed by atoms with Gasteiger partial charge in [0.15, 0.2) is 0 Å². The summed E-state index contributed by atoms with van der Waals surface area (Å²) in [7, 11) is -2.38. The van der Waals surface area contributed by atoms with E-state index in [1.165, 1.54) is 11.4 Å². The molecule has 28 heavy (non-hydrogen) atoms. The molecule has 9 heteroatoms. The highest BCUT2D eigenvalue weighted by atomic mass is 32.2. The summed E-state index contributed by atoms with van der Waals surface area (Å²) in [5, 5.41) is 2.14. The average molecular weight is 412 g/mol. The molecule has 2 rings (SSSR count). The van der Waals surface area contributed by atoms with Gasteiger partial charge in [-0.3, -0.25) is 15.0 Å². The number of sulfonamides is 1. The first kappa shape index (κ1) is 22.3. The number of alkyl carbamates (subject to hydrolysis) is 1. The van der Waals surface area contributed by atoms with Crippen LogP contribution in [-0.2, 0) is 19.6 Å². The highest BCUT2D eigenvalue weighted by Gasteiger charge is 2.32. The van der Waals surface area contributed by atoms with Gasteiger partial charge < -0.3 is 4.74 Å². The van der Waals surface area contributed by atoms with E-state index >= 15 is 0 Å². The van der Waals surface area contributed by atoms with E-state index < -0.39 is 28.1 Å². The van der Waals surface area contributed by atoms with Gasteiger partial charge in [-0.15, -0.1) is 0 Å². The van der Waals surface area contributed by atoms with E-state index in [9.17, 15) is 18.0 Å². The van der Waals surface area contributed by atoms with Crippen molar-refractivity contribution in [2.75, 3.05) is 33.3 Å². The molecule has 0 radical (unpaired) electrons. The van der Waals surface area contributed by atoms with Gasteiger partial charge in [-0.2, -0.15) is 4.31 Å². The Morgan fingerprint density at radius 2 is 1.68 bits per heavy atom. The van der Waals surface area contributed by atoms with E-state index in [-0.39, 0.29) is 18.0 Å². The van der Waals surface area contributed by atoms with Crippen molar-refractivity contribution in [2.24, 2.45) is 0 Å². The second kappa shape index (κ2) is 9.49. The summed E-state index contributed by atoms with van der Waals surface area (Å²) in [6.07, 6.45) is 0.189. The van der Waals surface area contributed by atoms with E-state index in [4.69, 9.17) is 0 Å². The minimum absolute atomic E-state index is 0.282. The van der Waals surface area contributed by atoms with Crippen molar-refractivity contribution in [3.8, 4) is 0 Å². The standard InChI is InChI=1S/C19H29N3O5S/c1-5-14(2)16-6-8-17(9-7-16)28(25,26)22-12-10-21(11-13-22)15(3)18(23)20-19(24)27-4/h6-9,14-15H,5,10-13H2,1-4H3,(H,20,23,24)/t14-,15+/m1/s1. The second-order valence-corrected chi connectivity index (χ2v) is 8.91. The molecule has 0 spiro atoms. The molecular weight excluding hydrogens is 382 g/mol. The van der Waals surface area contributed by atoms with Crippen LogP contribution >= 0.6 is 0 Å². The average Bonchev–Trinajstić information content (AvgIpc) is 2.72. The molecule has 1 saturated heterocycles. The van der Waals surface area contributed by atoms with Crippen LogP contribution in [0.1, 0.15) is 38.7 Å². The topological polar surface area (TPSA) is 96.0 Å². The molecule has 0 unspecified atom stereocenters. The van der Waals surface area contributed by atoms with Gasteiger partial charge in [-0.05, 0) is 37.0 Å². The maximum atomic E-state index is 12.9. The van der Waals surface area contributed by atoms with Gasteiger partial charge in [0, 0.05) is 26.2 Å². The lowest BCUT2D eigenvalue weighted by atomic mass is 9.99. The number of nitrogens with one attached hydrogen (secondary N) is 1. The van der Waals surface area contributed by atoms with Crippen molar-refractivity contribution in [1.82, 2.24) is 14.5 Å². The molecule has 2 atom stereocenters. The number of amides is 2. The van der Waals surface area contributed by atoms with E-state index in [2.05, 4.69) is 23.9 Å². The first-order chi connectivity index (χ1) is 13.2. The SMILES string of the molecule is CC[C@@H](C)c1ccc(S(=O)(=O)N2CCN([C@@H](C)C(=O)NC(=O)OC)CC2)cc1. The third-order valence-corrected chi connectivity index (χ3v) is 7.22. The monoisotopic (exact) mass is 411 g/mol. The number of hydrogen-bond acceptors (Lipinski definition) is 6. The lowest BCUT2D eigenvalue weighted by Crippen LogP contribution is -2.55. The van der Waals surface area contributed by atoms with Crippen molar-refractivity contribution in [1.29, 1.82) is 0 Å². The number of methoxy groups -OCH3 is 1. The first-order valence-corrected chi connectivity index (χ1v) is 10.9. The molecule has 0 saturated carbocycles. The number of imide groups is 1. The molecule has 1 aliphatic rings. The maximum absolute atomic E-state index is 12.9. The first-order valence-electron chi connectivity index (χ1n) is 9.43. The van der Waals surface area contributed by atoms with Crippen molar-refractivity contribution < 1.29 is 22.7 Å². The molecule has 1 aliphatic heterocycles. The van der Waals surface area contributed by atoms with Crippen LogP contribution in [0, 0.1) is 0 Å². The summed E-state index contributed by atoms with van der Waals surface area (Å²) in [4.78, 5) is 25.3. The van der Waals surface area contributed by atoms with Crippen LogP contribution in [0.25, 0.3) is 0 Å². The number of rotatable bonds is 6. The quantitative estimate of drug-likeness (QED) is 0.767. The zero-order chi connectivity index (χ0) is 20.9. The summed E-state index contributed by atoms with van der Waals surface area (Å²) in [5.74, 6) is -0.0817. The highest BCUT2D eigenvalue weighted by Crippen LogP contribution is 2.23. The zero-order valence-corrected chi connectivity index (χ0v) is 17.7. The molecule has 1 heterocycles. The summed E-state index contributed by atoms with van der Waals surface area (Å²) >= 11 is 0. The second-order valence-electron chi connectivity index (χ2n) is 6.98.